The van der Waals surface area contributed by atoms with Gasteiger partial charge in [0.2, 0.25) is 0 Å². The molecule has 1 saturated heterocycles. The van der Waals surface area contributed by atoms with Gasteiger partial charge in [0.25, 0.3) is 5.91 Å². The van der Waals surface area contributed by atoms with E-state index in [1.807, 2.05) is 23.1 Å². The van der Waals surface area contributed by atoms with E-state index in [2.05, 4.69) is 24.1 Å². The average Bonchev–Trinajstić information content (AvgIpc) is 2.67. The van der Waals surface area contributed by atoms with E-state index in [0.29, 0.717) is 36.0 Å². The van der Waals surface area contributed by atoms with Gasteiger partial charge in [-0.05, 0) is 30.8 Å². The highest BCUT2D eigenvalue weighted by Gasteiger charge is 2.32. The molecule has 1 atom stereocenters. The Bertz CT molecular complexity index is 754. The molecule has 26 heavy (non-hydrogen) atoms. The highest BCUT2D eigenvalue weighted by molar-refractivity contribution is 6.31. The number of carbonyl (C=O) groups excluding carboxylic acids is 1. The number of hydrogen-bond donors (Lipinski definition) is 1. The van der Waals surface area contributed by atoms with E-state index in [1.165, 1.54) is 0 Å². The summed E-state index contributed by atoms with van der Waals surface area (Å²) in [6.07, 6.45) is 0. The van der Waals surface area contributed by atoms with Crippen molar-refractivity contribution in [3.8, 4) is 5.75 Å². The molecule has 0 aromatic heterocycles. The van der Waals surface area contributed by atoms with Crippen LogP contribution in [0.25, 0.3) is 0 Å². The van der Waals surface area contributed by atoms with Crippen LogP contribution in [0.1, 0.15) is 22.0 Å². The van der Waals surface area contributed by atoms with E-state index in [1.54, 1.807) is 18.2 Å². The molecule has 2 aromatic rings. The van der Waals surface area contributed by atoms with Crippen molar-refractivity contribution >= 4 is 17.5 Å². The largest absolute Gasteiger partial charge is 0.491 e. The minimum absolute atomic E-state index is 0.0104. The minimum Gasteiger partial charge on any atom is -0.491 e. The maximum atomic E-state index is 13.4. The summed E-state index contributed by atoms with van der Waals surface area (Å²) in [6.45, 7) is 3.01. The van der Waals surface area contributed by atoms with Gasteiger partial charge < -0.3 is 20.3 Å². The Hall–Kier alpha value is -2.08. The molecule has 1 aliphatic heterocycles. The molecule has 0 aliphatic carbocycles. The summed E-state index contributed by atoms with van der Waals surface area (Å²) < 4.78 is 5.67. The zero-order chi connectivity index (χ0) is 18.5. The predicted molar refractivity (Wildman–Crippen MR) is 104 cm³/mol. The van der Waals surface area contributed by atoms with Gasteiger partial charge in [-0.25, -0.2) is 0 Å². The molecule has 6 heteroatoms. The number of hydrogen-bond acceptors (Lipinski definition) is 4. The van der Waals surface area contributed by atoms with Crippen LogP contribution in [-0.4, -0.2) is 55.5 Å². The standard InChI is InChI=1S/C20H24ClN3O2/c1-23-10-11-24(18(14-23)15-5-3-2-4-6-15)20(25)17-13-16(21)7-8-19(17)26-12-9-22/h2-8,13,18H,9-12,14,22H2,1H3/t18-/m1/s1. The molecule has 1 amide bonds. The van der Waals surface area contributed by atoms with Crippen molar-refractivity contribution in [1.29, 1.82) is 0 Å². The third-order valence-electron chi connectivity index (χ3n) is 4.58. The summed E-state index contributed by atoms with van der Waals surface area (Å²) >= 11 is 6.15. The summed E-state index contributed by atoms with van der Waals surface area (Å²) in [5.41, 5.74) is 7.14. The van der Waals surface area contributed by atoms with Crippen LogP contribution in [0.5, 0.6) is 5.75 Å². The zero-order valence-electron chi connectivity index (χ0n) is 14.9. The number of halogens is 1. The zero-order valence-corrected chi connectivity index (χ0v) is 15.7. The van der Waals surface area contributed by atoms with Crippen LogP contribution < -0.4 is 10.5 Å². The summed E-state index contributed by atoms with van der Waals surface area (Å²) in [4.78, 5) is 17.5. The first-order valence-corrected chi connectivity index (χ1v) is 9.15. The van der Waals surface area contributed by atoms with Crippen molar-refractivity contribution < 1.29 is 9.53 Å². The van der Waals surface area contributed by atoms with Gasteiger partial charge in [-0.1, -0.05) is 41.9 Å². The van der Waals surface area contributed by atoms with E-state index in [-0.39, 0.29) is 11.9 Å². The number of nitrogens with two attached hydrogens (primary N) is 1. The maximum absolute atomic E-state index is 13.4. The van der Waals surface area contributed by atoms with E-state index in [0.717, 1.165) is 18.7 Å². The Morgan fingerprint density at radius 3 is 2.73 bits per heavy atom. The van der Waals surface area contributed by atoms with Crippen molar-refractivity contribution in [3.05, 3.63) is 64.7 Å². The van der Waals surface area contributed by atoms with Gasteiger partial charge in [0.1, 0.15) is 12.4 Å². The molecule has 0 bridgehead atoms. The van der Waals surface area contributed by atoms with Crippen molar-refractivity contribution in [2.24, 2.45) is 5.73 Å². The molecule has 2 N–H and O–H groups in total. The summed E-state index contributed by atoms with van der Waals surface area (Å²) in [6, 6.07) is 15.2. The molecular formula is C20H24ClN3O2. The number of ether oxygens (including phenoxy) is 1. The summed E-state index contributed by atoms with van der Waals surface area (Å²) in [5.74, 6) is 0.456. The maximum Gasteiger partial charge on any atom is 0.258 e. The number of nitrogens with zero attached hydrogens (tertiary/aromatic N) is 2. The van der Waals surface area contributed by atoms with Crippen LogP contribution in [-0.2, 0) is 0 Å². The SMILES string of the molecule is CN1CCN(C(=O)c2cc(Cl)ccc2OCCN)[C@@H](c2ccccc2)C1. The monoisotopic (exact) mass is 373 g/mol. The van der Waals surface area contributed by atoms with Gasteiger partial charge >= 0.3 is 0 Å². The highest BCUT2D eigenvalue weighted by atomic mass is 35.5. The third kappa shape index (κ3) is 4.18. The summed E-state index contributed by atoms with van der Waals surface area (Å²) in [7, 11) is 2.08. The molecular weight excluding hydrogens is 350 g/mol. The second kappa shape index (κ2) is 8.54. The molecule has 1 heterocycles. The molecule has 0 spiro atoms. The second-order valence-electron chi connectivity index (χ2n) is 6.46. The van der Waals surface area contributed by atoms with Gasteiger partial charge in [0, 0.05) is 31.2 Å². The van der Waals surface area contributed by atoms with E-state index < -0.39 is 0 Å². The van der Waals surface area contributed by atoms with Gasteiger partial charge in [-0.15, -0.1) is 0 Å². The molecule has 0 unspecified atom stereocenters. The number of piperazine rings is 1. The molecule has 0 radical (unpaired) electrons. The van der Waals surface area contributed by atoms with Crippen LogP contribution in [0.2, 0.25) is 5.02 Å². The van der Waals surface area contributed by atoms with Crippen LogP contribution in [0.3, 0.4) is 0 Å². The fraction of sp³-hybridized carbons (Fsp3) is 0.350. The van der Waals surface area contributed by atoms with E-state index in [9.17, 15) is 4.79 Å². The molecule has 2 aromatic carbocycles. The summed E-state index contributed by atoms with van der Waals surface area (Å²) in [5, 5.41) is 0.513. The number of rotatable bonds is 5. The van der Waals surface area contributed by atoms with Crippen molar-refractivity contribution in [2.75, 3.05) is 39.8 Å². The van der Waals surface area contributed by atoms with Crippen LogP contribution in [0, 0.1) is 0 Å². The Balaban J connectivity index is 1.93. The molecule has 3 rings (SSSR count). The lowest BCUT2D eigenvalue weighted by atomic mass is 10.0. The first-order valence-electron chi connectivity index (χ1n) is 8.77. The number of carbonyl (C=O) groups is 1. The molecule has 1 fully saturated rings. The average molecular weight is 374 g/mol. The molecule has 138 valence electrons. The lowest BCUT2D eigenvalue weighted by Gasteiger charge is -2.40. The van der Waals surface area contributed by atoms with E-state index >= 15 is 0 Å². The normalized spacial score (nSPS) is 18.0. The Morgan fingerprint density at radius 1 is 1.23 bits per heavy atom. The number of likely N-dealkylation sites (N-methyl/N-ethyl adjacent to an activating group) is 1. The van der Waals surface area contributed by atoms with Crippen molar-refractivity contribution in [1.82, 2.24) is 9.80 Å². The third-order valence-corrected chi connectivity index (χ3v) is 4.81. The van der Waals surface area contributed by atoms with Crippen molar-refractivity contribution in [3.63, 3.8) is 0 Å². The van der Waals surface area contributed by atoms with Gasteiger partial charge in [-0.2, -0.15) is 0 Å². The Labute approximate surface area is 159 Å². The minimum atomic E-state index is -0.0681. The van der Waals surface area contributed by atoms with Gasteiger partial charge in [0.05, 0.1) is 11.6 Å². The lowest BCUT2D eigenvalue weighted by Crippen LogP contribution is -2.49. The topological polar surface area (TPSA) is 58.8 Å². The lowest BCUT2D eigenvalue weighted by molar-refractivity contribution is 0.0494. The first-order chi connectivity index (χ1) is 12.6. The van der Waals surface area contributed by atoms with Crippen LogP contribution in [0.4, 0.5) is 0 Å². The Morgan fingerprint density at radius 2 is 2.00 bits per heavy atom. The van der Waals surface area contributed by atoms with Crippen LogP contribution in [0.15, 0.2) is 48.5 Å². The second-order valence-corrected chi connectivity index (χ2v) is 6.90. The molecule has 0 saturated carbocycles. The van der Waals surface area contributed by atoms with E-state index in [4.69, 9.17) is 22.1 Å². The number of benzene rings is 2. The Kier molecular flexibility index (Phi) is 6.14. The van der Waals surface area contributed by atoms with Gasteiger partial charge in [0.15, 0.2) is 0 Å². The molecule has 1 aliphatic rings. The highest BCUT2D eigenvalue weighted by Crippen LogP contribution is 2.30. The first kappa shape index (κ1) is 18.7. The van der Waals surface area contributed by atoms with Gasteiger partial charge in [-0.3, -0.25) is 4.79 Å². The number of amides is 1. The fourth-order valence-electron chi connectivity index (χ4n) is 3.24. The predicted octanol–water partition coefficient (Wildman–Crippen LogP) is 2.81. The fourth-order valence-corrected chi connectivity index (χ4v) is 3.41. The molecule has 5 nitrogen and oxygen atoms in total. The van der Waals surface area contributed by atoms with Crippen molar-refractivity contribution in [2.45, 2.75) is 6.04 Å². The van der Waals surface area contributed by atoms with Crippen LogP contribution >= 0.6 is 11.6 Å². The smallest absolute Gasteiger partial charge is 0.258 e. The quantitative estimate of drug-likeness (QED) is 0.875.